The summed E-state index contributed by atoms with van der Waals surface area (Å²) in [7, 11) is 0. The average molecular weight is 304 g/mol. The molecule has 1 amide bonds. The molecule has 1 saturated carbocycles. The molecule has 0 saturated heterocycles. The van der Waals surface area contributed by atoms with Crippen LogP contribution in [-0.4, -0.2) is 5.91 Å². The number of hydrogen-bond donors (Lipinski definition) is 1. The normalized spacial score (nSPS) is 14.8. The molecule has 0 aliphatic heterocycles. The molecule has 3 rings (SSSR count). The summed E-state index contributed by atoms with van der Waals surface area (Å²) in [4.78, 5) is 12.6. The Morgan fingerprint density at radius 2 is 1.65 bits per heavy atom. The number of carbonyl (C=O) groups excluding carboxylic acids is 1. The van der Waals surface area contributed by atoms with E-state index in [9.17, 15) is 10.1 Å². The van der Waals surface area contributed by atoms with E-state index in [1.54, 1.807) is 0 Å². The fourth-order valence-corrected chi connectivity index (χ4v) is 3.21. The summed E-state index contributed by atoms with van der Waals surface area (Å²) in [5.41, 5.74) is 2.08. The van der Waals surface area contributed by atoms with Gasteiger partial charge < -0.3 is 5.32 Å². The molecule has 0 bridgehead atoms. The molecule has 2 aromatic rings. The average Bonchev–Trinajstić information content (AvgIpc) is 2.85. The quantitative estimate of drug-likeness (QED) is 0.484. The van der Waals surface area contributed by atoms with E-state index in [0.29, 0.717) is 5.57 Å². The smallest absolute Gasteiger partial charge is 0.266 e. The van der Waals surface area contributed by atoms with Crippen LogP contribution in [0.4, 0.5) is 5.69 Å². The summed E-state index contributed by atoms with van der Waals surface area (Å²) in [6.07, 6.45) is 6.25. The number of amides is 1. The summed E-state index contributed by atoms with van der Waals surface area (Å²) >= 11 is 0. The van der Waals surface area contributed by atoms with E-state index in [4.69, 9.17) is 0 Å². The molecule has 0 atom stereocenters. The van der Waals surface area contributed by atoms with Gasteiger partial charge in [0.15, 0.2) is 0 Å². The van der Waals surface area contributed by atoms with Crippen molar-refractivity contribution in [1.82, 2.24) is 0 Å². The highest BCUT2D eigenvalue weighted by atomic mass is 16.1. The lowest BCUT2D eigenvalue weighted by Crippen LogP contribution is -2.15. The van der Waals surface area contributed by atoms with Gasteiger partial charge in [-0.15, -0.1) is 0 Å². The van der Waals surface area contributed by atoms with Crippen molar-refractivity contribution in [2.45, 2.75) is 38.5 Å². The third-order valence-corrected chi connectivity index (χ3v) is 4.44. The van der Waals surface area contributed by atoms with Crippen LogP contribution in [0.25, 0.3) is 10.8 Å². The number of fused-ring (bicyclic) bond motifs is 1. The zero-order valence-electron chi connectivity index (χ0n) is 13.1. The molecule has 23 heavy (non-hydrogen) atoms. The minimum Gasteiger partial charge on any atom is -0.321 e. The standard InChI is InChI=1S/C20H20N2O/c21-14-18(16-8-3-1-2-4-9-16)20(23)22-19-13-7-11-15-10-5-6-12-17(15)19/h5-7,10-13H,1-4,8-9H2,(H,22,23). The lowest BCUT2D eigenvalue weighted by molar-refractivity contribution is -0.112. The van der Waals surface area contributed by atoms with Crippen LogP contribution in [0.2, 0.25) is 0 Å². The van der Waals surface area contributed by atoms with Crippen LogP contribution < -0.4 is 5.32 Å². The number of rotatable bonds is 2. The second kappa shape index (κ2) is 7.11. The van der Waals surface area contributed by atoms with E-state index in [2.05, 4.69) is 11.4 Å². The van der Waals surface area contributed by atoms with Crippen LogP contribution in [-0.2, 0) is 4.79 Å². The fraction of sp³-hybridized carbons (Fsp3) is 0.300. The third-order valence-electron chi connectivity index (χ3n) is 4.44. The molecule has 1 aliphatic carbocycles. The first kappa shape index (κ1) is 15.3. The van der Waals surface area contributed by atoms with Gasteiger partial charge in [-0.3, -0.25) is 4.79 Å². The molecule has 0 heterocycles. The van der Waals surface area contributed by atoms with Gasteiger partial charge in [-0.2, -0.15) is 5.26 Å². The zero-order valence-corrected chi connectivity index (χ0v) is 13.1. The van der Waals surface area contributed by atoms with Crippen LogP contribution in [0.3, 0.4) is 0 Å². The van der Waals surface area contributed by atoms with Crippen molar-refractivity contribution in [3.8, 4) is 6.07 Å². The molecule has 0 unspecified atom stereocenters. The number of anilines is 1. The summed E-state index contributed by atoms with van der Waals surface area (Å²) in [5, 5.41) is 14.5. The van der Waals surface area contributed by atoms with Crippen molar-refractivity contribution in [1.29, 1.82) is 5.26 Å². The van der Waals surface area contributed by atoms with E-state index in [1.165, 1.54) is 12.8 Å². The molecule has 1 aliphatic rings. The second-order valence-electron chi connectivity index (χ2n) is 5.99. The van der Waals surface area contributed by atoms with E-state index < -0.39 is 0 Å². The molecular weight excluding hydrogens is 284 g/mol. The molecule has 116 valence electrons. The van der Waals surface area contributed by atoms with Crippen molar-refractivity contribution < 1.29 is 4.79 Å². The molecule has 0 spiro atoms. The largest absolute Gasteiger partial charge is 0.321 e. The van der Waals surface area contributed by atoms with Gasteiger partial charge in [0.1, 0.15) is 11.6 Å². The Morgan fingerprint density at radius 1 is 0.957 bits per heavy atom. The van der Waals surface area contributed by atoms with E-state index in [1.807, 2.05) is 42.5 Å². The maximum absolute atomic E-state index is 12.6. The molecule has 3 nitrogen and oxygen atoms in total. The van der Waals surface area contributed by atoms with Gasteiger partial charge in [-0.1, -0.05) is 49.2 Å². The number of carbonyl (C=O) groups is 1. The first-order valence-corrected chi connectivity index (χ1v) is 8.21. The number of benzene rings is 2. The summed E-state index contributed by atoms with van der Waals surface area (Å²) in [6, 6.07) is 15.9. The van der Waals surface area contributed by atoms with Crippen molar-refractivity contribution in [3.05, 3.63) is 53.6 Å². The molecule has 0 aromatic heterocycles. The number of nitrogens with one attached hydrogen (secondary N) is 1. The molecule has 3 heteroatoms. The van der Waals surface area contributed by atoms with Crippen LogP contribution >= 0.6 is 0 Å². The molecular formula is C20H20N2O. The monoisotopic (exact) mass is 304 g/mol. The zero-order chi connectivity index (χ0) is 16.1. The van der Waals surface area contributed by atoms with Gasteiger partial charge in [0.25, 0.3) is 5.91 Å². The Hall–Kier alpha value is -2.60. The number of nitriles is 1. The molecule has 2 aromatic carbocycles. The second-order valence-corrected chi connectivity index (χ2v) is 5.99. The highest BCUT2D eigenvalue weighted by molar-refractivity contribution is 6.11. The topological polar surface area (TPSA) is 52.9 Å². The Bertz CT molecular complexity index is 783. The van der Waals surface area contributed by atoms with E-state index >= 15 is 0 Å². The van der Waals surface area contributed by atoms with Crippen LogP contribution in [0, 0.1) is 11.3 Å². The number of hydrogen-bond acceptors (Lipinski definition) is 2. The van der Waals surface area contributed by atoms with Gasteiger partial charge in [-0.05, 0) is 42.7 Å². The van der Waals surface area contributed by atoms with Crippen LogP contribution in [0.15, 0.2) is 53.6 Å². The highest BCUT2D eigenvalue weighted by Crippen LogP contribution is 2.27. The maximum Gasteiger partial charge on any atom is 0.266 e. The van der Waals surface area contributed by atoms with E-state index in [0.717, 1.165) is 47.7 Å². The summed E-state index contributed by atoms with van der Waals surface area (Å²) < 4.78 is 0. The first-order valence-electron chi connectivity index (χ1n) is 8.21. The number of nitrogens with zero attached hydrogens (tertiary/aromatic N) is 1. The molecule has 1 fully saturated rings. The first-order chi connectivity index (χ1) is 11.3. The predicted molar refractivity (Wildman–Crippen MR) is 92.9 cm³/mol. The van der Waals surface area contributed by atoms with Crippen molar-refractivity contribution in [3.63, 3.8) is 0 Å². The maximum atomic E-state index is 12.6. The Balaban J connectivity index is 1.90. The Kier molecular flexibility index (Phi) is 4.73. The fourth-order valence-electron chi connectivity index (χ4n) is 3.21. The lowest BCUT2D eigenvalue weighted by atomic mass is 10.0. The van der Waals surface area contributed by atoms with Gasteiger partial charge in [0.05, 0.1) is 0 Å². The summed E-state index contributed by atoms with van der Waals surface area (Å²) in [5.74, 6) is -0.277. The number of allylic oxidation sites excluding steroid dienone is 1. The van der Waals surface area contributed by atoms with Crippen LogP contribution in [0.1, 0.15) is 38.5 Å². The van der Waals surface area contributed by atoms with Gasteiger partial charge in [0.2, 0.25) is 0 Å². The SMILES string of the molecule is N#CC(C(=O)Nc1cccc2ccccc12)=C1CCCCCC1. The van der Waals surface area contributed by atoms with Crippen molar-refractivity contribution in [2.75, 3.05) is 5.32 Å². The van der Waals surface area contributed by atoms with Gasteiger partial charge in [0, 0.05) is 11.1 Å². The third kappa shape index (κ3) is 3.43. The Labute approximate surface area is 136 Å². The van der Waals surface area contributed by atoms with Crippen molar-refractivity contribution >= 4 is 22.4 Å². The minimum atomic E-state index is -0.277. The predicted octanol–water partition coefficient (Wildman–Crippen LogP) is 4.95. The highest BCUT2D eigenvalue weighted by Gasteiger charge is 2.17. The Morgan fingerprint density at radius 3 is 2.39 bits per heavy atom. The van der Waals surface area contributed by atoms with E-state index in [-0.39, 0.29) is 5.91 Å². The van der Waals surface area contributed by atoms with Gasteiger partial charge in [-0.25, -0.2) is 0 Å². The lowest BCUT2D eigenvalue weighted by Gasteiger charge is -2.11. The summed E-state index contributed by atoms with van der Waals surface area (Å²) in [6.45, 7) is 0. The van der Waals surface area contributed by atoms with Crippen molar-refractivity contribution in [2.24, 2.45) is 0 Å². The van der Waals surface area contributed by atoms with Gasteiger partial charge >= 0.3 is 0 Å². The molecule has 1 N–H and O–H groups in total. The minimum absolute atomic E-state index is 0.277. The molecule has 0 radical (unpaired) electrons. The van der Waals surface area contributed by atoms with Crippen LogP contribution in [0.5, 0.6) is 0 Å².